The first kappa shape index (κ1) is 15.7. The van der Waals surface area contributed by atoms with Crippen LogP contribution >= 0.6 is 0 Å². The number of benzene rings is 1. The van der Waals surface area contributed by atoms with Gasteiger partial charge in [-0.25, -0.2) is 4.79 Å². The molecule has 0 saturated carbocycles. The summed E-state index contributed by atoms with van der Waals surface area (Å²) < 4.78 is 18.1. The zero-order chi connectivity index (χ0) is 16.6. The lowest BCUT2D eigenvalue weighted by atomic mass is 10.1. The number of carbonyl (C=O) groups is 1. The van der Waals surface area contributed by atoms with E-state index in [-0.39, 0.29) is 5.75 Å². The maximum atomic E-state index is 12.1. The van der Waals surface area contributed by atoms with E-state index in [2.05, 4.69) is 0 Å². The number of carbonyl (C=O) groups excluding carboxylic acids is 1. The van der Waals surface area contributed by atoms with Crippen molar-refractivity contribution >= 4 is 33.2 Å². The molecule has 0 aliphatic heterocycles. The Bertz CT molecular complexity index is 915. The van der Waals surface area contributed by atoms with Crippen molar-refractivity contribution in [3.8, 4) is 0 Å². The minimum absolute atomic E-state index is 0.179. The number of hydrogen-bond donors (Lipinski definition) is 1. The van der Waals surface area contributed by atoms with Gasteiger partial charge in [-0.1, -0.05) is 18.2 Å². The van der Waals surface area contributed by atoms with E-state index in [1.807, 2.05) is 34.9 Å². The van der Waals surface area contributed by atoms with E-state index in [4.69, 9.17) is 4.74 Å². The Labute approximate surface area is 135 Å². The summed E-state index contributed by atoms with van der Waals surface area (Å²) in [5.74, 6) is -0.217. The molecule has 1 aromatic carbocycles. The maximum Gasteiger partial charge on any atom is 0.340 e. The lowest BCUT2D eigenvalue weighted by Gasteiger charge is -2.09. The largest absolute Gasteiger partial charge is 0.465 e. The lowest BCUT2D eigenvalue weighted by Crippen LogP contribution is -2.07. The van der Waals surface area contributed by atoms with Gasteiger partial charge in [-0.2, -0.15) is 0 Å². The molecular weight excluding hydrogens is 314 g/mol. The highest BCUT2D eigenvalue weighted by Gasteiger charge is 2.20. The highest BCUT2D eigenvalue weighted by molar-refractivity contribution is 7.84. The first-order valence-corrected chi connectivity index (χ1v) is 8.84. The van der Waals surface area contributed by atoms with Crippen LogP contribution < -0.4 is 0 Å². The van der Waals surface area contributed by atoms with E-state index in [9.17, 15) is 14.1 Å². The molecule has 3 rings (SSSR count). The number of pyridine rings is 1. The Balaban J connectivity index is 2.25. The van der Waals surface area contributed by atoms with Crippen LogP contribution in [0.15, 0.2) is 42.6 Å². The summed E-state index contributed by atoms with van der Waals surface area (Å²) in [6, 6.07) is 11.0. The first-order valence-electron chi connectivity index (χ1n) is 7.12. The summed E-state index contributed by atoms with van der Waals surface area (Å²) in [6.07, 6.45) is 2.61. The van der Waals surface area contributed by atoms with Gasteiger partial charge in [0.1, 0.15) is 0 Å². The van der Waals surface area contributed by atoms with Gasteiger partial charge in [0.05, 0.1) is 35.6 Å². The fourth-order valence-electron chi connectivity index (χ4n) is 2.80. The standard InChI is InChI=1S/C17H17NO4S/c1-22-17(20)16-12-7-6-11(15(19)10-23(2)21)9-14(12)18-8-4-3-5-13(16)18/h3-9,15,19H,10H2,1-2H3. The number of aromatic nitrogens is 1. The summed E-state index contributed by atoms with van der Waals surface area (Å²) in [5, 5.41) is 11.0. The number of esters is 1. The molecule has 6 heteroatoms. The molecule has 3 aromatic rings. The second-order valence-corrected chi connectivity index (χ2v) is 6.83. The Morgan fingerprint density at radius 1 is 1.30 bits per heavy atom. The molecule has 0 saturated heterocycles. The van der Waals surface area contributed by atoms with Gasteiger partial charge in [0.2, 0.25) is 0 Å². The van der Waals surface area contributed by atoms with Gasteiger partial charge in [-0.3, -0.25) is 4.21 Å². The highest BCUT2D eigenvalue weighted by Crippen LogP contribution is 2.29. The third-order valence-electron chi connectivity index (χ3n) is 3.83. The SMILES string of the molecule is COC(=O)c1c2ccc(C(O)CS(C)=O)cc2n2ccccc12. The van der Waals surface area contributed by atoms with Gasteiger partial charge < -0.3 is 14.2 Å². The Kier molecular flexibility index (Phi) is 4.19. The van der Waals surface area contributed by atoms with Crippen molar-refractivity contribution in [2.75, 3.05) is 19.1 Å². The van der Waals surface area contributed by atoms with Gasteiger partial charge in [0, 0.05) is 28.6 Å². The summed E-state index contributed by atoms with van der Waals surface area (Å²) >= 11 is 0. The maximum absolute atomic E-state index is 12.1. The molecule has 0 bridgehead atoms. The second-order valence-electron chi connectivity index (χ2n) is 5.35. The molecule has 23 heavy (non-hydrogen) atoms. The summed E-state index contributed by atoms with van der Waals surface area (Å²) in [6.45, 7) is 0. The molecule has 120 valence electrons. The second kappa shape index (κ2) is 6.14. The highest BCUT2D eigenvalue weighted by atomic mass is 32.2. The van der Waals surface area contributed by atoms with Crippen LogP contribution in [0.5, 0.6) is 0 Å². The fourth-order valence-corrected chi connectivity index (χ4v) is 3.43. The molecule has 2 atom stereocenters. The van der Waals surface area contributed by atoms with Crippen LogP contribution in [0, 0.1) is 0 Å². The lowest BCUT2D eigenvalue weighted by molar-refractivity contribution is 0.0605. The molecule has 0 amide bonds. The van der Waals surface area contributed by atoms with Crippen LogP contribution in [0.4, 0.5) is 0 Å². The van der Waals surface area contributed by atoms with Crippen LogP contribution in [0.2, 0.25) is 0 Å². The molecule has 0 fully saturated rings. The number of aliphatic hydroxyl groups is 1. The summed E-state index contributed by atoms with van der Waals surface area (Å²) in [7, 11) is 0.265. The topological polar surface area (TPSA) is 68.0 Å². The minimum atomic E-state index is -1.09. The number of ether oxygens (including phenoxy) is 1. The van der Waals surface area contributed by atoms with Crippen LogP contribution in [0.25, 0.3) is 16.4 Å². The van der Waals surface area contributed by atoms with Crippen molar-refractivity contribution in [3.05, 3.63) is 53.7 Å². The molecule has 2 heterocycles. The Hall–Kier alpha value is -2.18. The fraction of sp³-hybridized carbons (Fsp3) is 0.235. The van der Waals surface area contributed by atoms with E-state index in [0.717, 1.165) is 16.4 Å². The third kappa shape index (κ3) is 2.75. The van der Waals surface area contributed by atoms with E-state index >= 15 is 0 Å². The zero-order valence-electron chi connectivity index (χ0n) is 12.9. The first-order chi connectivity index (χ1) is 11.0. The predicted molar refractivity (Wildman–Crippen MR) is 90.1 cm³/mol. The van der Waals surface area contributed by atoms with Crippen molar-refractivity contribution in [1.82, 2.24) is 4.40 Å². The Morgan fingerprint density at radius 3 is 2.78 bits per heavy atom. The van der Waals surface area contributed by atoms with Gasteiger partial charge in [-0.15, -0.1) is 0 Å². The molecule has 0 aliphatic carbocycles. The van der Waals surface area contributed by atoms with Gasteiger partial charge in [0.25, 0.3) is 0 Å². The van der Waals surface area contributed by atoms with Crippen LogP contribution in [0.3, 0.4) is 0 Å². The molecule has 2 aromatic heterocycles. The van der Waals surface area contributed by atoms with Crippen molar-refractivity contribution in [3.63, 3.8) is 0 Å². The van der Waals surface area contributed by atoms with E-state index in [1.165, 1.54) is 7.11 Å². The molecular formula is C17H17NO4S. The Morgan fingerprint density at radius 2 is 2.09 bits per heavy atom. The van der Waals surface area contributed by atoms with Crippen molar-refractivity contribution < 1.29 is 18.8 Å². The number of rotatable bonds is 4. The molecule has 0 spiro atoms. The average molecular weight is 331 g/mol. The van der Waals surface area contributed by atoms with Crippen molar-refractivity contribution in [2.24, 2.45) is 0 Å². The average Bonchev–Trinajstić information content (AvgIpc) is 2.87. The molecule has 0 aliphatic rings. The normalized spacial score (nSPS) is 14.0. The van der Waals surface area contributed by atoms with Gasteiger partial charge >= 0.3 is 5.97 Å². The van der Waals surface area contributed by atoms with Crippen molar-refractivity contribution in [1.29, 1.82) is 0 Å². The molecule has 0 radical (unpaired) electrons. The zero-order valence-corrected chi connectivity index (χ0v) is 13.7. The molecule has 2 unspecified atom stereocenters. The molecule has 1 N–H and O–H groups in total. The third-order valence-corrected chi connectivity index (χ3v) is 4.62. The van der Waals surface area contributed by atoms with E-state index in [1.54, 1.807) is 18.4 Å². The predicted octanol–water partition coefficient (Wildman–Crippen LogP) is 2.29. The van der Waals surface area contributed by atoms with Crippen LogP contribution in [0.1, 0.15) is 22.0 Å². The minimum Gasteiger partial charge on any atom is -0.465 e. The number of nitrogens with zero attached hydrogens (tertiary/aromatic N) is 1. The van der Waals surface area contributed by atoms with Crippen molar-refractivity contribution in [2.45, 2.75) is 6.10 Å². The number of fused-ring (bicyclic) bond motifs is 3. The number of hydrogen-bond acceptors (Lipinski definition) is 4. The smallest absolute Gasteiger partial charge is 0.340 e. The van der Waals surface area contributed by atoms with Crippen LogP contribution in [-0.2, 0) is 15.5 Å². The summed E-state index contributed by atoms with van der Waals surface area (Å²) in [5.41, 5.74) is 2.73. The monoisotopic (exact) mass is 331 g/mol. The van der Waals surface area contributed by atoms with E-state index in [0.29, 0.717) is 11.1 Å². The van der Waals surface area contributed by atoms with Crippen LogP contribution in [-0.4, -0.2) is 38.8 Å². The summed E-state index contributed by atoms with van der Waals surface area (Å²) in [4.78, 5) is 12.1. The van der Waals surface area contributed by atoms with Gasteiger partial charge in [0.15, 0.2) is 0 Å². The van der Waals surface area contributed by atoms with Gasteiger partial charge in [-0.05, 0) is 23.8 Å². The number of aliphatic hydroxyl groups excluding tert-OH is 1. The quantitative estimate of drug-likeness (QED) is 0.745. The number of methoxy groups -OCH3 is 1. The molecule has 5 nitrogen and oxygen atoms in total. The van der Waals surface area contributed by atoms with E-state index < -0.39 is 22.9 Å².